The number of nitrogens with two attached hydrogens (primary N) is 1. The maximum Gasteiger partial charge on any atom is 0.303 e. The third kappa shape index (κ3) is 6.66. The number of hydrogen-bond acceptors (Lipinski definition) is 3. The van der Waals surface area contributed by atoms with Crippen molar-refractivity contribution in [3.05, 3.63) is 64.7 Å². The van der Waals surface area contributed by atoms with Crippen LogP contribution in [-0.4, -0.2) is 40.7 Å². The summed E-state index contributed by atoms with van der Waals surface area (Å²) in [7, 11) is 0. The zero-order valence-corrected chi connectivity index (χ0v) is 19.2. The summed E-state index contributed by atoms with van der Waals surface area (Å²) in [5.74, 6) is -0.744. The fraction of sp³-hybridized carbons (Fsp3) is 0.417. The molecule has 0 saturated heterocycles. The van der Waals surface area contributed by atoms with Gasteiger partial charge in [-0.3, -0.25) is 9.69 Å². The summed E-state index contributed by atoms with van der Waals surface area (Å²) in [6, 6.07) is 16.5. The first-order valence-corrected chi connectivity index (χ1v) is 11.6. The Morgan fingerprint density at radius 2 is 1.81 bits per heavy atom. The molecule has 1 unspecified atom stereocenters. The first kappa shape index (κ1) is 23.5. The molecule has 0 aromatic heterocycles. The number of fused-ring (bicyclic) bond motifs is 1. The van der Waals surface area contributed by atoms with Gasteiger partial charge in [-0.15, -0.1) is 0 Å². The number of carbonyl (C=O) groups is 1. The van der Waals surface area contributed by atoms with Crippen molar-refractivity contribution in [1.82, 2.24) is 4.90 Å². The quantitative estimate of drug-likeness (QED) is 0.486. The average Bonchev–Trinajstić information content (AvgIpc) is 2.75. The Balaban J connectivity index is 1.69. The van der Waals surface area contributed by atoms with Gasteiger partial charge in [0.1, 0.15) is 0 Å². The number of hydrogen-bond donors (Lipinski definition) is 2. The molecule has 1 atom stereocenters. The van der Waals surface area contributed by atoms with Crippen LogP contribution in [-0.2, 0) is 11.2 Å². The Morgan fingerprint density at radius 3 is 2.52 bits per heavy atom. The number of thiocarbonyl (C=S) groups is 1. The lowest BCUT2D eigenvalue weighted by Gasteiger charge is -2.36. The van der Waals surface area contributed by atoms with Gasteiger partial charge in [0.2, 0.25) is 0 Å². The highest BCUT2D eigenvalue weighted by Gasteiger charge is 2.25. The minimum atomic E-state index is -0.744. The molecule has 3 rings (SSSR count). The van der Waals surface area contributed by atoms with Crippen molar-refractivity contribution in [2.45, 2.75) is 44.6 Å². The molecule has 0 heterocycles. The fourth-order valence-corrected chi connectivity index (χ4v) is 4.71. The van der Waals surface area contributed by atoms with Crippen molar-refractivity contribution >= 4 is 40.6 Å². The summed E-state index contributed by atoms with van der Waals surface area (Å²) in [5, 5.41) is 10.1. The molecule has 2 aromatic rings. The van der Waals surface area contributed by atoms with E-state index in [1.165, 1.54) is 11.1 Å². The van der Waals surface area contributed by atoms with Crippen LogP contribution < -0.4 is 10.6 Å². The molecule has 31 heavy (non-hydrogen) atoms. The van der Waals surface area contributed by atoms with Crippen LogP contribution in [0, 0.1) is 0 Å². The maximum atomic E-state index is 11.1. The Bertz CT molecular complexity index is 891. The lowest BCUT2D eigenvalue weighted by molar-refractivity contribution is -0.137. The average molecular weight is 460 g/mol. The van der Waals surface area contributed by atoms with Gasteiger partial charge in [-0.1, -0.05) is 35.9 Å². The Hall–Kier alpha value is -2.15. The van der Waals surface area contributed by atoms with E-state index in [1.807, 2.05) is 29.2 Å². The standard InChI is InChI=1S/C24H30ClN3O2S/c25-19-11-13-20(14-12-19)28(24(26)31)17-5-16-27(15-4-10-23(29)30)22-9-3-7-18-6-1-2-8-21(18)22/h1-2,6,8,11-14,22H,3-5,7,9-10,15-17H2,(H2,26,31)(H,29,30). The number of carboxylic acid groups (broad SMARTS) is 1. The van der Waals surface area contributed by atoms with Gasteiger partial charge in [0.05, 0.1) is 0 Å². The summed E-state index contributed by atoms with van der Waals surface area (Å²) < 4.78 is 0. The third-order valence-electron chi connectivity index (χ3n) is 5.85. The molecule has 5 nitrogen and oxygen atoms in total. The summed E-state index contributed by atoms with van der Waals surface area (Å²) in [6.07, 6.45) is 5.06. The molecule has 0 fully saturated rings. The lowest BCUT2D eigenvalue weighted by atomic mass is 9.86. The molecular formula is C24H30ClN3O2S. The van der Waals surface area contributed by atoms with E-state index in [1.54, 1.807) is 0 Å². The SMILES string of the molecule is NC(=S)N(CCCN(CCCC(=O)O)C1CCCc2ccccc21)c1ccc(Cl)cc1. The molecule has 3 N–H and O–H groups in total. The Labute approximate surface area is 194 Å². The van der Waals surface area contributed by atoms with Crippen molar-refractivity contribution in [2.75, 3.05) is 24.5 Å². The maximum absolute atomic E-state index is 11.1. The number of nitrogens with zero attached hydrogens (tertiary/aromatic N) is 2. The summed E-state index contributed by atoms with van der Waals surface area (Å²) in [4.78, 5) is 15.4. The predicted molar refractivity (Wildman–Crippen MR) is 131 cm³/mol. The smallest absolute Gasteiger partial charge is 0.303 e. The number of benzene rings is 2. The molecule has 166 valence electrons. The van der Waals surface area contributed by atoms with Crippen molar-refractivity contribution in [3.8, 4) is 0 Å². The predicted octanol–water partition coefficient (Wildman–Crippen LogP) is 5.02. The first-order valence-electron chi connectivity index (χ1n) is 10.8. The number of aryl methyl sites for hydroxylation is 1. The summed E-state index contributed by atoms with van der Waals surface area (Å²) in [5.41, 5.74) is 9.71. The van der Waals surface area contributed by atoms with Gasteiger partial charge in [0.25, 0.3) is 0 Å². The molecule has 2 aromatic carbocycles. The highest BCUT2D eigenvalue weighted by atomic mass is 35.5. The topological polar surface area (TPSA) is 69.8 Å². The van der Waals surface area contributed by atoms with E-state index in [2.05, 4.69) is 29.2 Å². The zero-order chi connectivity index (χ0) is 22.2. The number of rotatable bonds is 10. The monoisotopic (exact) mass is 459 g/mol. The van der Waals surface area contributed by atoms with E-state index in [0.29, 0.717) is 29.1 Å². The molecule has 0 aliphatic heterocycles. The van der Waals surface area contributed by atoms with Crippen LogP contribution in [0.2, 0.25) is 5.02 Å². The molecule has 0 bridgehead atoms. The zero-order valence-electron chi connectivity index (χ0n) is 17.7. The van der Waals surface area contributed by atoms with Crippen LogP contribution in [0.4, 0.5) is 5.69 Å². The molecule has 0 spiro atoms. The fourth-order valence-electron chi connectivity index (χ4n) is 4.38. The van der Waals surface area contributed by atoms with E-state index in [9.17, 15) is 4.79 Å². The normalized spacial score (nSPS) is 15.5. The van der Waals surface area contributed by atoms with Crippen LogP contribution in [0.25, 0.3) is 0 Å². The summed E-state index contributed by atoms with van der Waals surface area (Å²) >= 11 is 11.3. The molecule has 7 heteroatoms. The molecule has 0 amide bonds. The lowest BCUT2D eigenvalue weighted by Crippen LogP contribution is -2.39. The second-order valence-corrected chi connectivity index (χ2v) is 8.81. The van der Waals surface area contributed by atoms with Crippen LogP contribution >= 0.6 is 23.8 Å². The molecule has 1 aliphatic rings. The van der Waals surface area contributed by atoms with Gasteiger partial charge in [0, 0.05) is 36.3 Å². The van der Waals surface area contributed by atoms with E-state index in [0.717, 1.165) is 44.5 Å². The minimum absolute atomic E-state index is 0.189. The van der Waals surface area contributed by atoms with E-state index >= 15 is 0 Å². The van der Waals surface area contributed by atoms with Crippen LogP contribution in [0.3, 0.4) is 0 Å². The van der Waals surface area contributed by atoms with Crippen molar-refractivity contribution in [2.24, 2.45) is 5.73 Å². The van der Waals surface area contributed by atoms with Crippen LogP contribution in [0.5, 0.6) is 0 Å². The van der Waals surface area contributed by atoms with E-state index in [-0.39, 0.29) is 6.42 Å². The highest BCUT2D eigenvalue weighted by molar-refractivity contribution is 7.80. The molecule has 0 radical (unpaired) electrons. The van der Waals surface area contributed by atoms with E-state index in [4.69, 9.17) is 34.7 Å². The van der Waals surface area contributed by atoms with Gasteiger partial charge in [-0.05, 0) is 86.3 Å². The van der Waals surface area contributed by atoms with Crippen LogP contribution in [0.1, 0.15) is 49.3 Å². The molecule has 0 saturated carbocycles. The van der Waals surface area contributed by atoms with Crippen molar-refractivity contribution < 1.29 is 9.90 Å². The van der Waals surface area contributed by atoms with Gasteiger partial charge in [-0.25, -0.2) is 0 Å². The van der Waals surface area contributed by atoms with Crippen LogP contribution in [0.15, 0.2) is 48.5 Å². The van der Waals surface area contributed by atoms with Gasteiger partial charge in [-0.2, -0.15) is 0 Å². The Kier molecular flexibility index (Phi) is 8.69. The number of halogens is 1. The Morgan fingerprint density at radius 1 is 1.10 bits per heavy atom. The summed E-state index contributed by atoms with van der Waals surface area (Å²) in [6.45, 7) is 2.31. The number of anilines is 1. The minimum Gasteiger partial charge on any atom is -0.481 e. The van der Waals surface area contributed by atoms with Gasteiger partial charge in [0.15, 0.2) is 5.11 Å². The molecular weight excluding hydrogens is 430 g/mol. The first-order chi connectivity index (χ1) is 15.0. The van der Waals surface area contributed by atoms with Crippen molar-refractivity contribution in [3.63, 3.8) is 0 Å². The third-order valence-corrected chi connectivity index (χ3v) is 6.32. The van der Waals surface area contributed by atoms with E-state index < -0.39 is 5.97 Å². The highest BCUT2D eigenvalue weighted by Crippen LogP contribution is 2.34. The van der Waals surface area contributed by atoms with Gasteiger partial charge < -0.3 is 15.7 Å². The largest absolute Gasteiger partial charge is 0.481 e. The van der Waals surface area contributed by atoms with Gasteiger partial charge >= 0.3 is 5.97 Å². The second kappa shape index (κ2) is 11.5. The van der Waals surface area contributed by atoms with Crippen molar-refractivity contribution in [1.29, 1.82) is 0 Å². The number of carboxylic acids is 1. The number of aliphatic carboxylic acids is 1. The second-order valence-electron chi connectivity index (χ2n) is 7.96. The molecule has 1 aliphatic carbocycles.